The zero-order chi connectivity index (χ0) is 15.0. The van der Waals surface area contributed by atoms with Crippen molar-refractivity contribution in [2.75, 3.05) is 6.54 Å². The SMILES string of the molecule is Cc1ccoc1C(=O)N1CCc2ccccc2[C@@H]1C(N)=O. The maximum atomic E-state index is 12.6. The molecule has 5 nitrogen and oxygen atoms in total. The summed E-state index contributed by atoms with van der Waals surface area (Å²) in [6.45, 7) is 2.25. The Bertz CT molecular complexity index is 705. The van der Waals surface area contributed by atoms with E-state index in [0.717, 1.165) is 16.7 Å². The smallest absolute Gasteiger partial charge is 0.290 e. The van der Waals surface area contributed by atoms with Crippen molar-refractivity contribution < 1.29 is 14.0 Å². The Balaban J connectivity index is 2.02. The highest BCUT2D eigenvalue weighted by atomic mass is 16.3. The fraction of sp³-hybridized carbons (Fsp3) is 0.250. The van der Waals surface area contributed by atoms with Crippen LogP contribution in [0.15, 0.2) is 41.0 Å². The molecule has 2 N–H and O–H groups in total. The third kappa shape index (κ3) is 2.20. The predicted molar refractivity (Wildman–Crippen MR) is 76.6 cm³/mol. The van der Waals surface area contributed by atoms with E-state index in [4.69, 9.17) is 10.2 Å². The van der Waals surface area contributed by atoms with Gasteiger partial charge in [-0.25, -0.2) is 0 Å². The van der Waals surface area contributed by atoms with E-state index in [0.29, 0.717) is 13.0 Å². The number of fused-ring (bicyclic) bond motifs is 1. The van der Waals surface area contributed by atoms with Crippen LogP contribution < -0.4 is 5.73 Å². The van der Waals surface area contributed by atoms with Crippen molar-refractivity contribution in [3.8, 4) is 0 Å². The van der Waals surface area contributed by atoms with Crippen LogP contribution in [0.4, 0.5) is 0 Å². The summed E-state index contributed by atoms with van der Waals surface area (Å²) in [5, 5.41) is 0. The van der Waals surface area contributed by atoms with E-state index in [2.05, 4.69) is 0 Å². The van der Waals surface area contributed by atoms with Gasteiger partial charge in [-0.3, -0.25) is 9.59 Å². The minimum Gasteiger partial charge on any atom is -0.459 e. The lowest BCUT2D eigenvalue weighted by Crippen LogP contribution is -2.45. The van der Waals surface area contributed by atoms with Crippen LogP contribution in [-0.4, -0.2) is 23.3 Å². The number of aryl methyl sites for hydroxylation is 1. The number of hydrogen-bond donors (Lipinski definition) is 1. The molecule has 2 amide bonds. The molecule has 0 bridgehead atoms. The first kappa shape index (κ1) is 13.4. The molecule has 108 valence electrons. The van der Waals surface area contributed by atoms with Gasteiger partial charge in [0.15, 0.2) is 5.76 Å². The van der Waals surface area contributed by atoms with Gasteiger partial charge in [0.2, 0.25) is 5.91 Å². The number of carbonyl (C=O) groups excluding carboxylic acids is 2. The molecule has 1 atom stereocenters. The summed E-state index contributed by atoms with van der Waals surface area (Å²) in [6.07, 6.45) is 2.17. The van der Waals surface area contributed by atoms with Crippen LogP contribution in [0.2, 0.25) is 0 Å². The van der Waals surface area contributed by atoms with Crippen molar-refractivity contribution in [2.45, 2.75) is 19.4 Å². The summed E-state index contributed by atoms with van der Waals surface area (Å²) in [4.78, 5) is 26.0. The van der Waals surface area contributed by atoms with Crippen LogP contribution in [-0.2, 0) is 11.2 Å². The van der Waals surface area contributed by atoms with Gasteiger partial charge in [0.25, 0.3) is 5.91 Å². The lowest BCUT2D eigenvalue weighted by Gasteiger charge is -2.35. The van der Waals surface area contributed by atoms with Crippen LogP contribution in [0.25, 0.3) is 0 Å². The molecule has 21 heavy (non-hydrogen) atoms. The molecule has 1 aliphatic rings. The van der Waals surface area contributed by atoms with Crippen molar-refractivity contribution in [2.24, 2.45) is 5.73 Å². The van der Waals surface area contributed by atoms with Crippen LogP contribution >= 0.6 is 0 Å². The van der Waals surface area contributed by atoms with Gasteiger partial charge in [-0.1, -0.05) is 24.3 Å². The molecule has 2 heterocycles. The van der Waals surface area contributed by atoms with Crippen LogP contribution in [0, 0.1) is 6.92 Å². The largest absolute Gasteiger partial charge is 0.459 e. The van der Waals surface area contributed by atoms with E-state index in [-0.39, 0.29) is 11.7 Å². The predicted octanol–water partition coefficient (Wildman–Crippen LogP) is 1.81. The third-order valence-electron chi connectivity index (χ3n) is 3.87. The number of amides is 2. The first-order chi connectivity index (χ1) is 10.1. The van der Waals surface area contributed by atoms with Crippen molar-refractivity contribution in [1.29, 1.82) is 0 Å². The van der Waals surface area contributed by atoms with Crippen molar-refractivity contribution in [3.63, 3.8) is 0 Å². The molecule has 1 aromatic heterocycles. The molecule has 0 spiro atoms. The van der Waals surface area contributed by atoms with Gasteiger partial charge in [0.1, 0.15) is 6.04 Å². The Morgan fingerprint density at radius 3 is 2.71 bits per heavy atom. The molecule has 0 unspecified atom stereocenters. The Labute approximate surface area is 122 Å². The molecular formula is C16H16N2O3. The summed E-state index contributed by atoms with van der Waals surface area (Å²) in [5.74, 6) is -0.559. The molecular weight excluding hydrogens is 268 g/mol. The summed E-state index contributed by atoms with van der Waals surface area (Å²) in [6, 6.07) is 8.56. The van der Waals surface area contributed by atoms with Crippen LogP contribution in [0.1, 0.15) is 33.3 Å². The summed E-state index contributed by atoms with van der Waals surface area (Å²) >= 11 is 0. The van der Waals surface area contributed by atoms with Crippen molar-refractivity contribution in [1.82, 2.24) is 4.90 Å². The second-order valence-electron chi connectivity index (χ2n) is 5.19. The second kappa shape index (κ2) is 5.09. The maximum absolute atomic E-state index is 12.6. The quantitative estimate of drug-likeness (QED) is 0.913. The number of furan rings is 1. The molecule has 0 fully saturated rings. The Kier molecular flexibility index (Phi) is 3.25. The third-order valence-corrected chi connectivity index (χ3v) is 3.87. The average Bonchev–Trinajstić information content (AvgIpc) is 2.91. The first-order valence-electron chi connectivity index (χ1n) is 6.82. The Morgan fingerprint density at radius 2 is 2.05 bits per heavy atom. The average molecular weight is 284 g/mol. The van der Waals surface area contributed by atoms with Gasteiger partial charge < -0.3 is 15.1 Å². The topological polar surface area (TPSA) is 76.5 Å². The number of nitrogens with zero attached hydrogens (tertiary/aromatic N) is 1. The number of rotatable bonds is 2. The normalized spacial score (nSPS) is 17.4. The maximum Gasteiger partial charge on any atom is 0.290 e. The van der Waals surface area contributed by atoms with Gasteiger partial charge in [-0.2, -0.15) is 0 Å². The fourth-order valence-electron chi connectivity index (χ4n) is 2.81. The summed E-state index contributed by atoms with van der Waals surface area (Å²) in [7, 11) is 0. The van der Waals surface area contributed by atoms with E-state index in [1.807, 2.05) is 24.3 Å². The van der Waals surface area contributed by atoms with E-state index < -0.39 is 11.9 Å². The first-order valence-corrected chi connectivity index (χ1v) is 6.82. The number of primary amides is 1. The highest BCUT2D eigenvalue weighted by Crippen LogP contribution is 2.31. The van der Waals surface area contributed by atoms with Crippen molar-refractivity contribution >= 4 is 11.8 Å². The number of hydrogen-bond acceptors (Lipinski definition) is 3. The lowest BCUT2D eigenvalue weighted by atomic mass is 9.92. The molecule has 0 radical (unpaired) electrons. The highest BCUT2D eigenvalue weighted by Gasteiger charge is 2.36. The van der Waals surface area contributed by atoms with E-state index in [1.54, 1.807) is 13.0 Å². The van der Waals surface area contributed by atoms with E-state index in [9.17, 15) is 9.59 Å². The molecule has 1 aliphatic heterocycles. The highest BCUT2D eigenvalue weighted by molar-refractivity contribution is 5.97. The zero-order valence-electron chi connectivity index (χ0n) is 11.7. The minimum absolute atomic E-state index is 0.264. The van der Waals surface area contributed by atoms with E-state index in [1.165, 1.54) is 11.2 Å². The molecule has 1 aromatic carbocycles. The van der Waals surface area contributed by atoms with Gasteiger partial charge in [-0.05, 0) is 30.5 Å². The van der Waals surface area contributed by atoms with E-state index >= 15 is 0 Å². The van der Waals surface area contributed by atoms with Gasteiger partial charge >= 0.3 is 0 Å². The number of nitrogens with two attached hydrogens (primary N) is 1. The van der Waals surface area contributed by atoms with Crippen LogP contribution in [0.5, 0.6) is 0 Å². The molecule has 2 aromatic rings. The van der Waals surface area contributed by atoms with Gasteiger partial charge in [0, 0.05) is 12.1 Å². The Morgan fingerprint density at radius 1 is 1.29 bits per heavy atom. The molecule has 0 saturated carbocycles. The molecule has 3 rings (SSSR count). The number of benzene rings is 1. The lowest BCUT2D eigenvalue weighted by molar-refractivity contribution is -0.123. The van der Waals surface area contributed by atoms with Gasteiger partial charge in [0.05, 0.1) is 6.26 Å². The fourth-order valence-corrected chi connectivity index (χ4v) is 2.81. The van der Waals surface area contributed by atoms with Crippen LogP contribution in [0.3, 0.4) is 0 Å². The van der Waals surface area contributed by atoms with Gasteiger partial charge in [-0.15, -0.1) is 0 Å². The molecule has 0 aliphatic carbocycles. The zero-order valence-corrected chi connectivity index (χ0v) is 11.7. The standard InChI is InChI=1S/C16H16N2O3/c1-10-7-9-21-14(10)16(20)18-8-6-11-4-2-3-5-12(11)13(18)15(17)19/h2-5,7,9,13H,6,8H2,1H3,(H2,17,19)/t13-/m1/s1. The number of carbonyl (C=O) groups is 2. The monoisotopic (exact) mass is 284 g/mol. The van der Waals surface area contributed by atoms with Crippen molar-refractivity contribution in [3.05, 3.63) is 59.0 Å². The molecule has 0 saturated heterocycles. The minimum atomic E-state index is -0.744. The molecule has 5 heteroatoms. The summed E-state index contributed by atoms with van der Waals surface area (Å²) < 4.78 is 5.25. The second-order valence-corrected chi connectivity index (χ2v) is 5.19. The Hall–Kier alpha value is -2.56. The summed E-state index contributed by atoms with van der Waals surface area (Å²) in [5.41, 5.74) is 8.15.